The summed E-state index contributed by atoms with van der Waals surface area (Å²) in [6.07, 6.45) is 2.09. The zero-order valence-electron chi connectivity index (χ0n) is 14.9. The monoisotopic (exact) mass is 330 g/mol. The molecule has 1 amide bonds. The predicted octanol–water partition coefficient (Wildman–Crippen LogP) is 1.78. The molecule has 0 bridgehead atoms. The SMILES string of the molecule is CC(C)N1CCN(c2ccc(C(=O)N3CCCC3CN)cc2)CC1. The Morgan fingerprint density at radius 1 is 1.12 bits per heavy atom. The van der Waals surface area contributed by atoms with Gasteiger partial charge in [0.2, 0.25) is 0 Å². The molecule has 2 aliphatic rings. The fourth-order valence-corrected chi connectivity index (χ4v) is 3.83. The topological polar surface area (TPSA) is 52.8 Å². The van der Waals surface area contributed by atoms with Crippen LogP contribution >= 0.6 is 0 Å². The molecule has 1 aromatic carbocycles. The van der Waals surface area contributed by atoms with Gasteiger partial charge in [-0.05, 0) is 51.0 Å². The molecule has 0 aliphatic carbocycles. The third-order valence-electron chi connectivity index (χ3n) is 5.43. The molecule has 1 unspecified atom stereocenters. The number of carbonyl (C=O) groups excluding carboxylic acids is 1. The van der Waals surface area contributed by atoms with Crippen LogP contribution in [-0.2, 0) is 0 Å². The average molecular weight is 330 g/mol. The molecule has 0 saturated carbocycles. The quantitative estimate of drug-likeness (QED) is 0.914. The minimum atomic E-state index is 0.124. The molecule has 5 heteroatoms. The van der Waals surface area contributed by atoms with E-state index in [1.807, 2.05) is 17.0 Å². The summed E-state index contributed by atoms with van der Waals surface area (Å²) in [5.41, 5.74) is 7.78. The lowest BCUT2D eigenvalue weighted by molar-refractivity contribution is 0.0741. The molecule has 2 fully saturated rings. The first kappa shape index (κ1) is 17.2. The Bertz CT molecular complexity index is 549. The van der Waals surface area contributed by atoms with E-state index >= 15 is 0 Å². The van der Waals surface area contributed by atoms with Crippen molar-refractivity contribution in [2.24, 2.45) is 5.73 Å². The van der Waals surface area contributed by atoms with E-state index in [1.54, 1.807) is 0 Å². The van der Waals surface area contributed by atoms with Crippen molar-refractivity contribution in [2.75, 3.05) is 44.2 Å². The van der Waals surface area contributed by atoms with Gasteiger partial charge < -0.3 is 15.5 Å². The predicted molar refractivity (Wildman–Crippen MR) is 98.5 cm³/mol. The lowest BCUT2D eigenvalue weighted by atomic mass is 10.1. The lowest BCUT2D eigenvalue weighted by Crippen LogP contribution is -2.48. The summed E-state index contributed by atoms with van der Waals surface area (Å²) in [6.45, 7) is 10.2. The minimum Gasteiger partial charge on any atom is -0.369 e. The Morgan fingerprint density at radius 3 is 2.38 bits per heavy atom. The van der Waals surface area contributed by atoms with Crippen molar-refractivity contribution < 1.29 is 4.79 Å². The van der Waals surface area contributed by atoms with Crippen LogP contribution in [0.3, 0.4) is 0 Å². The van der Waals surface area contributed by atoms with Gasteiger partial charge in [-0.2, -0.15) is 0 Å². The number of likely N-dealkylation sites (tertiary alicyclic amines) is 1. The molecule has 5 nitrogen and oxygen atoms in total. The maximum absolute atomic E-state index is 12.7. The fourth-order valence-electron chi connectivity index (χ4n) is 3.83. The second-order valence-corrected chi connectivity index (χ2v) is 7.19. The summed E-state index contributed by atoms with van der Waals surface area (Å²) < 4.78 is 0. The van der Waals surface area contributed by atoms with E-state index in [4.69, 9.17) is 5.73 Å². The van der Waals surface area contributed by atoms with Crippen molar-refractivity contribution in [1.29, 1.82) is 0 Å². The molecule has 0 aromatic heterocycles. The molecular weight excluding hydrogens is 300 g/mol. The molecule has 0 radical (unpaired) electrons. The first-order valence-corrected chi connectivity index (χ1v) is 9.20. The van der Waals surface area contributed by atoms with Gasteiger partial charge in [0.25, 0.3) is 5.91 Å². The molecule has 2 saturated heterocycles. The number of anilines is 1. The standard InChI is InChI=1S/C19H30N4O/c1-15(2)21-10-12-22(13-11-21)17-7-5-16(6-8-17)19(24)23-9-3-4-18(23)14-20/h5-8,15,18H,3-4,9-14,20H2,1-2H3. The van der Waals surface area contributed by atoms with Crippen molar-refractivity contribution >= 4 is 11.6 Å². The van der Waals surface area contributed by atoms with Crippen LogP contribution in [0.1, 0.15) is 37.0 Å². The molecule has 0 spiro atoms. The first-order chi connectivity index (χ1) is 11.6. The van der Waals surface area contributed by atoms with Gasteiger partial charge in [0.15, 0.2) is 0 Å². The molecule has 1 aromatic rings. The summed E-state index contributed by atoms with van der Waals surface area (Å²) in [5.74, 6) is 0.124. The number of hydrogen-bond donors (Lipinski definition) is 1. The normalized spacial score (nSPS) is 22.4. The van der Waals surface area contributed by atoms with E-state index < -0.39 is 0 Å². The van der Waals surface area contributed by atoms with Gasteiger partial charge in [-0.15, -0.1) is 0 Å². The van der Waals surface area contributed by atoms with E-state index in [0.29, 0.717) is 12.6 Å². The van der Waals surface area contributed by atoms with Gasteiger partial charge in [0.05, 0.1) is 0 Å². The largest absolute Gasteiger partial charge is 0.369 e. The maximum atomic E-state index is 12.7. The van der Waals surface area contributed by atoms with E-state index in [-0.39, 0.29) is 11.9 Å². The van der Waals surface area contributed by atoms with Crippen LogP contribution in [0.15, 0.2) is 24.3 Å². The van der Waals surface area contributed by atoms with Gasteiger partial charge in [0.1, 0.15) is 0 Å². The number of nitrogens with zero attached hydrogens (tertiary/aromatic N) is 3. The molecule has 2 N–H and O–H groups in total. The highest BCUT2D eigenvalue weighted by atomic mass is 16.2. The highest BCUT2D eigenvalue weighted by molar-refractivity contribution is 5.95. The van der Waals surface area contributed by atoms with Crippen LogP contribution in [-0.4, -0.2) is 67.1 Å². The molecular formula is C19H30N4O. The van der Waals surface area contributed by atoms with E-state index in [0.717, 1.165) is 51.1 Å². The third-order valence-corrected chi connectivity index (χ3v) is 5.43. The van der Waals surface area contributed by atoms with E-state index in [1.165, 1.54) is 5.69 Å². The van der Waals surface area contributed by atoms with E-state index in [2.05, 4.69) is 35.8 Å². The number of hydrogen-bond acceptors (Lipinski definition) is 4. The Balaban J connectivity index is 1.62. The number of benzene rings is 1. The fraction of sp³-hybridized carbons (Fsp3) is 0.632. The van der Waals surface area contributed by atoms with Crippen LogP contribution < -0.4 is 10.6 Å². The Hall–Kier alpha value is -1.59. The average Bonchev–Trinajstić information content (AvgIpc) is 3.10. The zero-order valence-corrected chi connectivity index (χ0v) is 14.9. The van der Waals surface area contributed by atoms with Gasteiger partial charge in [0, 0.05) is 62.6 Å². The van der Waals surface area contributed by atoms with Gasteiger partial charge in [-0.1, -0.05) is 0 Å². The summed E-state index contributed by atoms with van der Waals surface area (Å²) in [5, 5.41) is 0. The van der Waals surface area contributed by atoms with Crippen molar-refractivity contribution in [2.45, 2.75) is 38.8 Å². The van der Waals surface area contributed by atoms with Gasteiger partial charge in [-0.3, -0.25) is 9.69 Å². The number of piperazine rings is 1. The second-order valence-electron chi connectivity index (χ2n) is 7.19. The van der Waals surface area contributed by atoms with E-state index in [9.17, 15) is 4.79 Å². The van der Waals surface area contributed by atoms with Gasteiger partial charge >= 0.3 is 0 Å². The van der Waals surface area contributed by atoms with Crippen molar-refractivity contribution in [1.82, 2.24) is 9.80 Å². The smallest absolute Gasteiger partial charge is 0.254 e. The summed E-state index contributed by atoms with van der Waals surface area (Å²) in [7, 11) is 0. The third kappa shape index (κ3) is 3.57. The van der Waals surface area contributed by atoms with Crippen LogP contribution in [0.4, 0.5) is 5.69 Å². The van der Waals surface area contributed by atoms with Crippen LogP contribution in [0.5, 0.6) is 0 Å². The molecule has 2 heterocycles. The zero-order chi connectivity index (χ0) is 17.1. The molecule has 2 aliphatic heterocycles. The van der Waals surface area contributed by atoms with Crippen molar-refractivity contribution in [3.63, 3.8) is 0 Å². The number of amides is 1. The molecule has 132 valence electrons. The minimum absolute atomic E-state index is 0.124. The highest BCUT2D eigenvalue weighted by Crippen LogP contribution is 2.22. The van der Waals surface area contributed by atoms with Crippen molar-refractivity contribution in [3.05, 3.63) is 29.8 Å². The second kappa shape index (κ2) is 7.53. The number of rotatable bonds is 4. The van der Waals surface area contributed by atoms with Crippen LogP contribution in [0, 0.1) is 0 Å². The van der Waals surface area contributed by atoms with Crippen molar-refractivity contribution in [3.8, 4) is 0 Å². The number of carbonyl (C=O) groups is 1. The van der Waals surface area contributed by atoms with Crippen LogP contribution in [0.2, 0.25) is 0 Å². The first-order valence-electron chi connectivity index (χ1n) is 9.20. The van der Waals surface area contributed by atoms with Gasteiger partial charge in [-0.25, -0.2) is 0 Å². The Kier molecular flexibility index (Phi) is 5.41. The maximum Gasteiger partial charge on any atom is 0.254 e. The Morgan fingerprint density at radius 2 is 1.79 bits per heavy atom. The highest BCUT2D eigenvalue weighted by Gasteiger charge is 2.28. The summed E-state index contributed by atoms with van der Waals surface area (Å²) in [4.78, 5) is 19.5. The number of nitrogens with two attached hydrogens (primary N) is 1. The summed E-state index contributed by atoms with van der Waals surface area (Å²) >= 11 is 0. The lowest BCUT2D eigenvalue weighted by Gasteiger charge is -2.38. The van der Waals surface area contributed by atoms with Crippen LogP contribution in [0.25, 0.3) is 0 Å². The Labute approximate surface area is 145 Å². The summed E-state index contributed by atoms with van der Waals surface area (Å²) in [6, 6.07) is 8.94. The molecule has 3 rings (SSSR count). The molecule has 1 atom stereocenters. The molecule has 24 heavy (non-hydrogen) atoms.